The zero-order chi connectivity index (χ0) is 24.6. The molecule has 0 atom stereocenters. The topological polar surface area (TPSA) is 40.5 Å². The number of hydrogen-bond donors (Lipinski definition) is 2. The van der Waals surface area contributed by atoms with Gasteiger partial charge in [-0.15, -0.1) is 0 Å². The summed E-state index contributed by atoms with van der Waals surface area (Å²) in [6.45, 7) is 0. The third-order valence-corrected chi connectivity index (χ3v) is 7.73. The van der Waals surface area contributed by atoms with Crippen LogP contribution in [-0.2, 0) is 0 Å². The maximum atomic E-state index is 11.1. The minimum Gasteiger partial charge on any atom is -0.506 e. The highest BCUT2D eigenvalue weighted by Crippen LogP contribution is 2.51. The zero-order valence-corrected chi connectivity index (χ0v) is 23.4. The summed E-state index contributed by atoms with van der Waals surface area (Å²) in [6, 6.07) is 21.5. The molecule has 8 heteroatoms. The molecule has 4 aromatic carbocycles. The lowest BCUT2D eigenvalue weighted by atomic mass is 9.73. The van der Waals surface area contributed by atoms with E-state index in [1.807, 2.05) is 24.3 Å². The third kappa shape index (κ3) is 5.38. The van der Waals surface area contributed by atoms with Crippen molar-refractivity contribution in [3.8, 4) is 11.5 Å². The molecule has 0 aromatic heterocycles. The molecule has 2 N–H and O–H groups in total. The lowest BCUT2D eigenvalue weighted by molar-refractivity contribution is 0.445. The van der Waals surface area contributed by atoms with Gasteiger partial charge < -0.3 is 10.2 Å². The molecule has 4 rings (SSSR count). The molecule has 0 aliphatic heterocycles. The number of aromatic hydroxyl groups is 2. The van der Waals surface area contributed by atoms with Crippen molar-refractivity contribution in [3.05, 3.63) is 124 Å². The van der Waals surface area contributed by atoms with Gasteiger partial charge in [-0.05, 0) is 91.5 Å². The maximum absolute atomic E-state index is 11.1. The van der Waals surface area contributed by atoms with Crippen LogP contribution in [0.1, 0.15) is 34.1 Å². The molecular weight excluding hydrogens is 646 g/mol. The van der Waals surface area contributed by atoms with Crippen LogP contribution in [0.3, 0.4) is 0 Å². The van der Waals surface area contributed by atoms with E-state index in [0.717, 1.165) is 11.1 Å². The minimum absolute atomic E-state index is 0.0119. The zero-order valence-electron chi connectivity index (χ0n) is 17.2. The molecule has 0 unspecified atom stereocenters. The average molecular weight is 662 g/mol. The molecule has 0 aliphatic rings. The van der Waals surface area contributed by atoms with E-state index in [9.17, 15) is 10.2 Å². The van der Waals surface area contributed by atoms with Gasteiger partial charge in [-0.2, -0.15) is 0 Å². The highest BCUT2D eigenvalue weighted by Gasteiger charge is 2.33. The molecule has 34 heavy (non-hydrogen) atoms. The first-order valence-electron chi connectivity index (χ1n) is 10.0. The predicted octanol–water partition coefficient (Wildman–Crippen LogP) is 10.2. The van der Waals surface area contributed by atoms with Gasteiger partial charge in [0.15, 0.2) is 0 Å². The fraction of sp³-hybridized carbons (Fsp3) is 0.0769. The van der Waals surface area contributed by atoms with E-state index >= 15 is 0 Å². The predicted molar refractivity (Wildman–Crippen MR) is 148 cm³/mol. The Labute approximate surface area is 234 Å². The van der Waals surface area contributed by atoms with Gasteiger partial charge in [-0.25, -0.2) is 0 Å². The van der Waals surface area contributed by atoms with E-state index in [0.29, 0.717) is 40.2 Å². The van der Waals surface area contributed by atoms with Gasteiger partial charge in [0, 0.05) is 43.1 Å². The molecule has 0 heterocycles. The number of phenols is 2. The van der Waals surface area contributed by atoms with Gasteiger partial charge in [0.25, 0.3) is 0 Å². The molecule has 2 nitrogen and oxygen atoms in total. The number of rotatable bonds is 5. The van der Waals surface area contributed by atoms with Crippen LogP contribution in [0.4, 0.5) is 0 Å². The normalized spacial score (nSPS) is 11.4. The van der Waals surface area contributed by atoms with Crippen molar-refractivity contribution in [2.45, 2.75) is 11.8 Å². The van der Waals surface area contributed by atoms with Crippen LogP contribution in [-0.4, -0.2) is 10.2 Å². The van der Waals surface area contributed by atoms with E-state index in [4.69, 9.17) is 46.4 Å². The fourth-order valence-corrected chi connectivity index (χ4v) is 6.01. The van der Waals surface area contributed by atoms with Crippen molar-refractivity contribution in [2.75, 3.05) is 0 Å². The minimum atomic E-state index is -0.590. The van der Waals surface area contributed by atoms with Crippen molar-refractivity contribution in [1.29, 1.82) is 0 Å². The number of phenolic OH excluding ortho intramolecular Hbond substituents is 2. The van der Waals surface area contributed by atoms with Crippen molar-refractivity contribution in [1.82, 2.24) is 0 Å². The first kappa shape index (κ1) is 25.7. The van der Waals surface area contributed by atoms with E-state index < -0.39 is 5.92 Å². The molecule has 0 spiro atoms. The molecule has 174 valence electrons. The Bertz CT molecular complexity index is 1240. The van der Waals surface area contributed by atoms with Gasteiger partial charge in [-0.1, -0.05) is 70.7 Å². The van der Waals surface area contributed by atoms with Crippen LogP contribution in [0.2, 0.25) is 20.1 Å². The van der Waals surface area contributed by atoms with Gasteiger partial charge in [0.05, 0.1) is 8.95 Å². The first-order valence-corrected chi connectivity index (χ1v) is 13.1. The SMILES string of the molecule is Oc1c(Br)cc(Cl)cc1C(c1cc(Cl)cc(Br)c1O)C(c1ccc(Cl)cc1)c1ccc(Cl)cc1. The lowest BCUT2D eigenvalue weighted by Gasteiger charge is -2.31. The highest BCUT2D eigenvalue weighted by atomic mass is 79.9. The standard InChI is InChI=1S/C26H16Br2Cl4O2/c27-21-11-17(31)9-19(25(21)33)24(20-10-18(32)12-22(28)26(20)34)23(13-1-5-15(29)6-2-13)14-3-7-16(30)8-4-14/h1-12,23-24,33-34H. The summed E-state index contributed by atoms with van der Waals surface area (Å²) in [7, 11) is 0. The van der Waals surface area contributed by atoms with Crippen LogP contribution in [0, 0.1) is 0 Å². The molecule has 0 amide bonds. The highest BCUT2D eigenvalue weighted by molar-refractivity contribution is 9.11. The Hall–Kier alpha value is -1.40. The van der Waals surface area contributed by atoms with Crippen LogP contribution >= 0.6 is 78.3 Å². The lowest BCUT2D eigenvalue weighted by Crippen LogP contribution is -2.15. The molecule has 0 bridgehead atoms. The van der Waals surface area contributed by atoms with Gasteiger partial charge in [-0.3, -0.25) is 0 Å². The second kappa shape index (κ2) is 10.7. The van der Waals surface area contributed by atoms with E-state index in [2.05, 4.69) is 31.9 Å². The first-order chi connectivity index (χ1) is 16.2. The number of hydrogen-bond acceptors (Lipinski definition) is 2. The molecule has 0 aliphatic carbocycles. The van der Waals surface area contributed by atoms with Crippen LogP contribution in [0.5, 0.6) is 11.5 Å². The summed E-state index contributed by atoms with van der Waals surface area (Å²) < 4.78 is 0.873. The monoisotopic (exact) mass is 658 g/mol. The Morgan fingerprint density at radius 2 is 0.853 bits per heavy atom. The smallest absolute Gasteiger partial charge is 0.133 e. The Balaban J connectivity index is 2.09. The summed E-state index contributed by atoms with van der Waals surface area (Å²) in [5.74, 6) is -0.940. The molecule has 0 saturated heterocycles. The summed E-state index contributed by atoms with van der Waals surface area (Å²) in [4.78, 5) is 0. The van der Waals surface area contributed by atoms with Crippen LogP contribution in [0.25, 0.3) is 0 Å². The number of halogens is 6. The van der Waals surface area contributed by atoms with Crippen LogP contribution in [0.15, 0.2) is 81.7 Å². The second-order valence-corrected chi connectivity index (χ2v) is 11.2. The van der Waals surface area contributed by atoms with E-state index in [1.165, 1.54) is 0 Å². The fourth-order valence-electron chi connectivity index (χ4n) is 4.09. The summed E-state index contributed by atoms with van der Waals surface area (Å²) in [5.41, 5.74) is 2.84. The summed E-state index contributed by atoms with van der Waals surface area (Å²) >= 11 is 32.0. The quantitative estimate of drug-likeness (QED) is 0.224. The molecular formula is C26H16Br2Cl4O2. The largest absolute Gasteiger partial charge is 0.506 e. The van der Waals surface area contributed by atoms with Crippen molar-refractivity contribution >= 4 is 78.3 Å². The van der Waals surface area contributed by atoms with Gasteiger partial charge in [0.2, 0.25) is 0 Å². The molecule has 0 radical (unpaired) electrons. The average Bonchev–Trinajstić information content (AvgIpc) is 2.79. The second-order valence-electron chi connectivity index (χ2n) is 7.71. The van der Waals surface area contributed by atoms with Gasteiger partial charge in [0.1, 0.15) is 11.5 Å². The van der Waals surface area contributed by atoms with Crippen molar-refractivity contribution < 1.29 is 10.2 Å². The molecule has 4 aromatic rings. The van der Waals surface area contributed by atoms with Gasteiger partial charge >= 0.3 is 0 Å². The van der Waals surface area contributed by atoms with E-state index in [-0.39, 0.29) is 17.4 Å². The van der Waals surface area contributed by atoms with Crippen molar-refractivity contribution in [2.24, 2.45) is 0 Å². The molecule has 0 fully saturated rings. The Morgan fingerprint density at radius 3 is 1.21 bits per heavy atom. The summed E-state index contributed by atoms with van der Waals surface area (Å²) in [5, 5.41) is 24.3. The molecule has 0 saturated carbocycles. The number of benzene rings is 4. The van der Waals surface area contributed by atoms with E-state index in [1.54, 1.807) is 48.5 Å². The Kier molecular flexibility index (Phi) is 8.08. The van der Waals surface area contributed by atoms with Crippen molar-refractivity contribution in [3.63, 3.8) is 0 Å². The van der Waals surface area contributed by atoms with Crippen LogP contribution < -0.4 is 0 Å². The summed E-state index contributed by atoms with van der Waals surface area (Å²) in [6.07, 6.45) is 0. The third-order valence-electron chi connectivity index (χ3n) is 5.58. The Morgan fingerprint density at radius 1 is 0.500 bits per heavy atom. The maximum Gasteiger partial charge on any atom is 0.133 e.